The van der Waals surface area contributed by atoms with E-state index in [9.17, 15) is 18.0 Å². The average Bonchev–Trinajstić information content (AvgIpc) is 2.81. The molecule has 2 aliphatic rings. The summed E-state index contributed by atoms with van der Waals surface area (Å²) < 4.78 is 23.0. The van der Waals surface area contributed by atoms with Gasteiger partial charge >= 0.3 is 6.03 Å². The summed E-state index contributed by atoms with van der Waals surface area (Å²) in [5.41, 5.74) is -0.880. The van der Waals surface area contributed by atoms with E-state index in [1.165, 1.54) is 4.90 Å². The topological polar surface area (TPSA) is 83.6 Å². The number of sulfone groups is 1. The zero-order chi connectivity index (χ0) is 16.0. The fraction of sp³-hybridized carbons (Fsp3) is 0.857. The lowest BCUT2D eigenvalue weighted by molar-refractivity contribution is -0.135. The molecule has 120 valence electrons. The number of nitrogens with zero attached hydrogens (tertiary/aromatic N) is 1. The van der Waals surface area contributed by atoms with Gasteiger partial charge in [0.1, 0.15) is 5.54 Å². The molecule has 0 spiro atoms. The second kappa shape index (κ2) is 5.26. The molecule has 1 atom stereocenters. The highest BCUT2D eigenvalue weighted by Crippen LogP contribution is 2.34. The molecule has 2 heterocycles. The van der Waals surface area contributed by atoms with E-state index in [0.29, 0.717) is 6.42 Å². The minimum atomic E-state index is -3.00. The van der Waals surface area contributed by atoms with Crippen LogP contribution >= 0.6 is 0 Å². The number of rotatable bonds is 4. The van der Waals surface area contributed by atoms with E-state index in [0.717, 1.165) is 0 Å². The molecule has 3 amide bonds. The van der Waals surface area contributed by atoms with Gasteiger partial charge in [0, 0.05) is 6.54 Å². The van der Waals surface area contributed by atoms with Crippen molar-refractivity contribution >= 4 is 21.8 Å². The van der Waals surface area contributed by atoms with Crippen LogP contribution in [-0.2, 0) is 14.6 Å². The molecule has 0 aliphatic carbocycles. The third-order valence-electron chi connectivity index (χ3n) is 4.75. The van der Waals surface area contributed by atoms with Crippen LogP contribution in [0.15, 0.2) is 0 Å². The third-order valence-corrected chi connectivity index (χ3v) is 6.58. The molecule has 0 bridgehead atoms. The lowest BCUT2D eigenvalue weighted by Gasteiger charge is -2.34. The van der Waals surface area contributed by atoms with Crippen molar-refractivity contribution in [3.63, 3.8) is 0 Å². The van der Waals surface area contributed by atoms with E-state index in [1.54, 1.807) is 0 Å². The smallest absolute Gasteiger partial charge is 0.323 e. The molecule has 2 rings (SSSR count). The van der Waals surface area contributed by atoms with Gasteiger partial charge in [-0.3, -0.25) is 9.69 Å². The Morgan fingerprint density at radius 3 is 2.19 bits per heavy atom. The van der Waals surface area contributed by atoms with Crippen molar-refractivity contribution in [2.24, 2.45) is 17.8 Å². The minimum absolute atomic E-state index is 0.0220. The largest absolute Gasteiger partial charge is 0.325 e. The van der Waals surface area contributed by atoms with Crippen molar-refractivity contribution in [2.45, 2.75) is 39.7 Å². The number of hydrogen-bond donors (Lipinski definition) is 1. The minimum Gasteiger partial charge on any atom is -0.323 e. The normalized spacial score (nSPS) is 27.7. The van der Waals surface area contributed by atoms with Crippen LogP contribution < -0.4 is 5.32 Å². The van der Waals surface area contributed by atoms with Crippen molar-refractivity contribution in [1.82, 2.24) is 10.2 Å². The van der Waals surface area contributed by atoms with Crippen molar-refractivity contribution in [2.75, 3.05) is 18.1 Å². The highest BCUT2D eigenvalue weighted by atomic mass is 32.2. The van der Waals surface area contributed by atoms with E-state index in [-0.39, 0.29) is 41.7 Å². The molecule has 0 aromatic heterocycles. The maximum atomic E-state index is 12.8. The second-order valence-electron chi connectivity index (χ2n) is 6.79. The monoisotopic (exact) mass is 316 g/mol. The number of hydrogen-bond acceptors (Lipinski definition) is 4. The number of carbonyl (C=O) groups excluding carboxylic acids is 2. The lowest BCUT2D eigenvalue weighted by atomic mass is 9.77. The van der Waals surface area contributed by atoms with Crippen molar-refractivity contribution in [3.05, 3.63) is 0 Å². The van der Waals surface area contributed by atoms with E-state index in [4.69, 9.17) is 0 Å². The Morgan fingerprint density at radius 2 is 1.81 bits per heavy atom. The Bertz CT molecular complexity index is 545. The Hall–Kier alpha value is -1.11. The van der Waals surface area contributed by atoms with Gasteiger partial charge in [-0.05, 0) is 24.2 Å². The number of nitrogens with one attached hydrogen (secondary N) is 1. The predicted molar refractivity (Wildman–Crippen MR) is 79.4 cm³/mol. The predicted octanol–water partition coefficient (Wildman–Crippen LogP) is 1.02. The second-order valence-corrected chi connectivity index (χ2v) is 9.02. The molecule has 0 aromatic carbocycles. The van der Waals surface area contributed by atoms with Crippen LogP contribution in [0.3, 0.4) is 0 Å². The SMILES string of the molecule is CC(C)C1(C(C)C)NC(=O)N(CC2CCS(=O)(=O)C2)C1=O. The summed E-state index contributed by atoms with van der Waals surface area (Å²) in [6.45, 7) is 7.87. The molecular formula is C14H24N2O4S. The highest BCUT2D eigenvalue weighted by molar-refractivity contribution is 7.91. The van der Waals surface area contributed by atoms with E-state index < -0.39 is 21.4 Å². The summed E-state index contributed by atoms with van der Waals surface area (Å²) in [6.07, 6.45) is 0.524. The first kappa shape index (κ1) is 16.3. The molecule has 2 saturated heterocycles. The van der Waals surface area contributed by atoms with E-state index in [2.05, 4.69) is 5.32 Å². The van der Waals surface area contributed by atoms with Gasteiger partial charge in [0.2, 0.25) is 0 Å². The zero-order valence-corrected chi connectivity index (χ0v) is 13.9. The summed E-state index contributed by atoms with van der Waals surface area (Å²) in [5.74, 6) is -0.180. The number of carbonyl (C=O) groups is 2. The maximum absolute atomic E-state index is 12.8. The molecule has 0 radical (unpaired) electrons. The molecule has 7 heteroatoms. The first-order chi connectivity index (χ1) is 9.60. The number of amides is 3. The molecule has 2 aliphatic heterocycles. The van der Waals surface area contributed by atoms with Gasteiger partial charge in [-0.25, -0.2) is 13.2 Å². The molecule has 0 aromatic rings. The number of imide groups is 1. The summed E-state index contributed by atoms with van der Waals surface area (Å²) >= 11 is 0. The van der Waals surface area contributed by atoms with Crippen LogP contribution in [-0.4, -0.2) is 48.8 Å². The fourth-order valence-electron chi connectivity index (χ4n) is 3.50. The molecule has 1 N–H and O–H groups in total. The summed E-state index contributed by atoms with van der Waals surface area (Å²) in [5, 5.41) is 2.85. The van der Waals surface area contributed by atoms with Gasteiger partial charge in [0.15, 0.2) is 9.84 Å². The first-order valence-corrected chi connectivity index (χ1v) is 9.27. The Morgan fingerprint density at radius 1 is 1.24 bits per heavy atom. The molecular weight excluding hydrogens is 292 g/mol. The van der Waals surface area contributed by atoms with Crippen LogP contribution in [0.1, 0.15) is 34.1 Å². The van der Waals surface area contributed by atoms with Gasteiger partial charge < -0.3 is 5.32 Å². The first-order valence-electron chi connectivity index (χ1n) is 7.44. The van der Waals surface area contributed by atoms with Gasteiger partial charge in [-0.1, -0.05) is 27.7 Å². The average molecular weight is 316 g/mol. The summed E-state index contributed by atoms with van der Waals surface area (Å²) in [4.78, 5) is 26.2. The van der Waals surface area contributed by atoms with Gasteiger partial charge in [-0.2, -0.15) is 0 Å². The molecule has 0 saturated carbocycles. The molecule has 2 fully saturated rings. The van der Waals surface area contributed by atoms with Crippen LogP contribution in [0, 0.1) is 17.8 Å². The summed E-state index contributed by atoms with van der Waals surface area (Å²) in [6, 6.07) is -0.397. The van der Waals surface area contributed by atoms with Crippen molar-refractivity contribution in [1.29, 1.82) is 0 Å². The lowest BCUT2D eigenvalue weighted by Crippen LogP contribution is -2.55. The van der Waals surface area contributed by atoms with Gasteiger partial charge in [0.25, 0.3) is 5.91 Å². The summed E-state index contributed by atoms with van der Waals surface area (Å²) in [7, 11) is -3.00. The Kier molecular flexibility index (Phi) is 4.08. The van der Waals surface area contributed by atoms with Crippen LogP contribution in [0.25, 0.3) is 0 Å². The van der Waals surface area contributed by atoms with Crippen LogP contribution in [0.5, 0.6) is 0 Å². The molecule has 6 nitrogen and oxygen atoms in total. The van der Waals surface area contributed by atoms with Gasteiger partial charge in [0.05, 0.1) is 11.5 Å². The standard InChI is InChI=1S/C14H24N2O4S/c1-9(2)14(10(3)4)12(17)16(13(18)15-14)7-11-5-6-21(19,20)8-11/h9-11H,5-8H2,1-4H3,(H,15,18). The third kappa shape index (κ3) is 2.67. The zero-order valence-electron chi connectivity index (χ0n) is 13.0. The molecule has 1 unspecified atom stereocenters. The fourth-order valence-corrected chi connectivity index (χ4v) is 5.35. The van der Waals surface area contributed by atoms with E-state index in [1.807, 2.05) is 27.7 Å². The quantitative estimate of drug-likeness (QED) is 0.785. The van der Waals surface area contributed by atoms with E-state index >= 15 is 0 Å². The van der Waals surface area contributed by atoms with Crippen LogP contribution in [0.2, 0.25) is 0 Å². The maximum Gasteiger partial charge on any atom is 0.325 e. The highest BCUT2D eigenvalue weighted by Gasteiger charge is 2.55. The van der Waals surface area contributed by atoms with Crippen LogP contribution in [0.4, 0.5) is 4.79 Å². The Labute approximate surface area is 126 Å². The van der Waals surface area contributed by atoms with Crippen molar-refractivity contribution in [3.8, 4) is 0 Å². The van der Waals surface area contributed by atoms with Gasteiger partial charge in [-0.15, -0.1) is 0 Å². The van der Waals surface area contributed by atoms with Crippen molar-refractivity contribution < 1.29 is 18.0 Å². The Balaban J connectivity index is 2.19. The number of urea groups is 1. The molecule has 21 heavy (non-hydrogen) atoms.